The monoisotopic (exact) mass is 465 g/mol. The molecule has 0 aliphatic carbocycles. The Morgan fingerprint density at radius 3 is 2.54 bits per heavy atom. The molecule has 0 N–H and O–H groups in total. The van der Waals surface area contributed by atoms with Crippen LogP contribution in [0.1, 0.15) is 44.1 Å². The second-order valence-corrected chi connectivity index (χ2v) is 8.29. The highest BCUT2D eigenvalue weighted by Gasteiger charge is 2.39. The van der Waals surface area contributed by atoms with Crippen LogP contribution in [0.5, 0.6) is 0 Å². The van der Waals surface area contributed by atoms with Crippen LogP contribution in [0.15, 0.2) is 24.3 Å². The van der Waals surface area contributed by atoms with E-state index in [-0.39, 0.29) is 23.9 Å². The Labute approximate surface area is 168 Å². The summed E-state index contributed by atoms with van der Waals surface area (Å²) in [6.07, 6.45) is 5.34. The third-order valence-electron chi connectivity index (χ3n) is 5.31. The molecule has 0 spiro atoms. The van der Waals surface area contributed by atoms with Gasteiger partial charge in [0.25, 0.3) is 0 Å². The van der Waals surface area contributed by atoms with Crippen molar-refractivity contribution < 1.29 is 9.59 Å². The van der Waals surface area contributed by atoms with Gasteiger partial charge in [0, 0.05) is 23.1 Å². The van der Waals surface area contributed by atoms with E-state index in [2.05, 4.69) is 52.9 Å². The fourth-order valence-electron chi connectivity index (χ4n) is 3.92. The van der Waals surface area contributed by atoms with E-state index >= 15 is 0 Å². The first kappa shape index (κ1) is 19.2. The number of halogens is 1. The van der Waals surface area contributed by atoms with Crippen LogP contribution >= 0.6 is 22.6 Å². The van der Waals surface area contributed by atoms with Gasteiger partial charge in [-0.1, -0.05) is 12.1 Å². The Balaban J connectivity index is 1.53. The number of hydrogen-bond acceptors (Lipinski definition) is 3. The summed E-state index contributed by atoms with van der Waals surface area (Å²) in [5.41, 5.74) is 1.24. The van der Waals surface area contributed by atoms with Crippen molar-refractivity contribution in [1.29, 1.82) is 5.26 Å². The van der Waals surface area contributed by atoms with Crippen molar-refractivity contribution in [2.75, 3.05) is 13.1 Å². The SMILES string of the molecule is N#C[C@@H]1CCCN1C(=O)[C@@H]1CCCN1C(=O)CCCc1ccc(I)cc1. The fourth-order valence-corrected chi connectivity index (χ4v) is 4.28. The zero-order chi connectivity index (χ0) is 18.5. The second-order valence-electron chi connectivity index (χ2n) is 7.04. The van der Waals surface area contributed by atoms with E-state index in [9.17, 15) is 14.9 Å². The molecule has 3 rings (SSSR count). The molecule has 0 radical (unpaired) electrons. The van der Waals surface area contributed by atoms with Crippen molar-refractivity contribution in [3.05, 3.63) is 33.4 Å². The lowest BCUT2D eigenvalue weighted by Crippen LogP contribution is -2.49. The predicted molar refractivity (Wildman–Crippen MR) is 107 cm³/mol. The maximum Gasteiger partial charge on any atom is 0.246 e. The highest BCUT2D eigenvalue weighted by atomic mass is 127. The molecule has 0 aromatic heterocycles. The van der Waals surface area contributed by atoms with Crippen LogP contribution in [0.25, 0.3) is 0 Å². The smallest absolute Gasteiger partial charge is 0.246 e. The Morgan fingerprint density at radius 1 is 1.12 bits per heavy atom. The number of benzene rings is 1. The lowest BCUT2D eigenvalue weighted by atomic mass is 10.1. The molecule has 2 amide bonds. The quantitative estimate of drug-likeness (QED) is 0.628. The van der Waals surface area contributed by atoms with E-state index in [4.69, 9.17) is 0 Å². The summed E-state index contributed by atoms with van der Waals surface area (Å²) in [6.45, 7) is 1.30. The molecule has 1 aromatic carbocycles. The van der Waals surface area contributed by atoms with Gasteiger partial charge in [-0.25, -0.2) is 0 Å². The van der Waals surface area contributed by atoms with Crippen LogP contribution in [0.2, 0.25) is 0 Å². The van der Waals surface area contributed by atoms with E-state index in [1.807, 2.05) is 0 Å². The molecule has 0 unspecified atom stereocenters. The van der Waals surface area contributed by atoms with Crippen molar-refractivity contribution in [1.82, 2.24) is 9.80 Å². The molecular weight excluding hydrogens is 441 g/mol. The summed E-state index contributed by atoms with van der Waals surface area (Å²) in [5, 5.41) is 9.22. The summed E-state index contributed by atoms with van der Waals surface area (Å²) in [4.78, 5) is 28.9. The Morgan fingerprint density at radius 2 is 1.81 bits per heavy atom. The number of likely N-dealkylation sites (tertiary alicyclic amines) is 2. The molecule has 2 heterocycles. The predicted octanol–water partition coefficient (Wildman–Crippen LogP) is 3.12. The van der Waals surface area contributed by atoms with Gasteiger partial charge in [0.15, 0.2) is 0 Å². The van der Waals surface area contributed by atoms with E-state index in [0.717, 1.165) is 38.5 Å². The van der Waals surface area contributed by atoms with Crippen molar-refractivity contribution in [3.63, 3.8) is 0 Å². The topological polar surface area (TPSA) is 64.4 Å². The third kappa shape index (κ3) is 4.37. The number of carbonyl (C=O) groups is 2. The molecular formula is C20H24IN3O2. The molecule has 138 valence electrons. The van der Waals surface area contributed by atoms with E-state index in [1.165, 1.54) is 9.13 Å². The van der Waals surface area contributed by atoms with Crippen LogP contribution in [0, 0.1) is 14.9 Å². The van der Waals surface area contributed by atoms with Gasteiger partial charge in [0.2, 0.25) is 11.8 Å². The number of amides is 2. The Hall–Kier alpha value is -1.62. The molecule has 2 saturated heterocycles. The third-order valence-corrected chi connectivity index (χ3v) is 6.03. The number of rotatable bonds is 5. The van der Waals surface area contributed by atoms with Gasteiger partial charge in [0.1, 0.15) is 12.1 Å². The maximum atomic E-state index is 12.8. The molecule has 0 bridgehead atoms. The molecule has 1 aromatic rings. The summed E-state index contributed by atoms with van der Waals surface area (Å²) in [7, 11) is 0. The molecule has 26 heavy (non-hydrogen) atoms. The highest BCUT2D eigenvalue weighted by Crippen LogP contribution is 2.25. The average Bonchev–Trinajstić information content (AvgIpc) is 3.32. The van der Waals surface area contributed by atoms with Gasteiger partial charge in [-0.05, 0) is 78.8 Å². The first-order chi connectivity index (χ1) is 12.6. The normalized spacial score (nSPS) is 22.5. The zero-order valence-corrected chi connectivity index (χ0v) is 17.0. The molecule has 6 heteroatoms. The number of aryl methyl sites for hydroxylation is 1. The van der Waals surface area contributed by atoms with Gasteiger partial charge in [0.05, 0.1) is 6.07 Å². The lowest BCUT2D eigenvalue weighted by molar-refractivity contribution is -0.143. The Kier molecular flexibility index (Phi) is 6.52. The standard InChI is InChI=1S/C20H24IN3O2/c21-16-10-8-15(9-11-16)4-1-7-19(25)24-13-3-6-18(24)20(26)23-12-2-5-17(23)14-22/h8-11,17-18H,1-7,12-13H2/t17-,18-/m0/s1. The van der Waals surface area contributed by atoms with E-state index in [1.54, 1.807) is 9.80 Å². The molecule has 2 fully saturated rings. The summed E-state index contributed by atoms with van der Waals surface area (Å²) >= 11 is 2.28. The van der Waals surface area contributed by atoms with Crippen LogP contribution < -0.4 is 0 Å². The maximum absolute atomic E-state index is 12.8. The van der Waals surface area contributed by atoms with Gasteiger partial charge in [-0.15, -0.1) is 0 Å². The number of carbonyl (C=O) groups excluding carboxylic acids is 2. The second kappa shape index (κ2) is 8.85. The average molecular weight is 465 g/mol. The van der Waals surface area contributed by atoms with Crippen molar-refractivity contribution in [3.8, 4) is 6.07 Å². The largest absolute Gasteiger partial charge is 0.331 e. The van der Waals surface area contributed by atoms with Crippen LogP contribution in [0.3, 0.4) is 0 Å². The first-order valence-corrected chi connectivity index (χ1v) is 10.4. The van der Waals surface area contributed by atoms with Crippen molar-refractivity contribution in [2.24, 2.45) is 0 Å². The molecule has 2 aliphatic rings. The minimum atomic E-state index is -0.366. The van der Waals surface area contributed by atoms with Crippen molar-refractivity contribution in [2.45, 2.75) is 57.0 Å². The number of hydrogen-bond donors (Lipinski definition) is 0. The summed E-state index contributed by atoms with van der Waals surface area (Å²) in [5.74, 6) is 0.0385. The first-order valence-electron chi connectivity index (χ1n) is 9.34. The molecule has 2 atom stereocenters. The van der Waals surface area contributed by atoms with E-state index in [0.29, 0.717) is 19.5 Å². The summed E-state index contributed by atoms with van der Waals surface area (Å²) in [6, 6.07) is 9.89. The van der Waals surface area contributed by atoms with Crippen LogP contribution in [0.4, 0.5) is 0 Å². The highest BCUT2D eigenvalue weighted by molar-refractivity contribution is 14.1. The van der Waals surface area contributed by atoms with Crippen LogP contribution in [-0.2, 0) is 16.0 Å². The lowest BCUT2D eigenvalue weighted by Gasteiger charge is -2.29. The zero-order valence-electron chi connectivity index (χ0n) is 14.9. The minimum Gasteiger partial charge on any atom is -0.331 e. The Bertz CT molecular complexity index is 698. The summed E-state index contributed by atoms with van der Waals surface area (Å²) < 4.78 is 1.21. The number of nitrogens with zero attached hydrogens (tertiary/aromatic N) is 3. The molecule has 0 saturated carbocycles. The molecule has 5 nitrogen and oxygen atoms in total. The number of nitriles is 1. The van der Waals surface area contributed by atoms with Gasteiger partial charge < -0.3 is 9.80 Å². The minimum absolute atomic E-state index is 0.0301. The van der Waals surface area contributed by atoms with E-state index < -0.39 is 0 Å². The van der Waals surface area contributed by atoms with Gasteiger partial charge in [-0.2, -0.15) is 5.26 Å². The van der Waals surface area contributed by atoms with Crippen molar-refractivity contribution >= 4 is 34.4 Å². The molecule has 2 aliphatic heterocycles. The van der Waals surface area contributed by atoms with Crippen LogP contribution in [-0.4, -0.2) is 46.8 Å². The van der Waals surface area contributed by atoms with Gasteiger partial charge in [-0.3, -0.25) is 9.59 Å². The fraction of sp³-hybridized carbons (Fsp3) is 0.550. The van der Waals surface area contributed by atoms with Gasteiger partial charge >= 0.3 is 0 Å².